The molecule has 0 aliphatic rings. The fraction of sp³-hybridized carbons (Fsp3) is 0.158. The Balaban J connectivity index is 2.04. The summed E-state index contributed by atoms with van der Waals surface area (Å²) in [5, 5.41) is 2.65. The molecule has 0 aliphatic heterocycles. The van der Waals surface area contributed by atoms with E-state index in [-0.39, 0.29) is 25.0 Å². The van der Waals surface area contributed by atoms with Crippen LogP contribution in [0, 0.1) is 0 Å². The summed E-state index contributed by atoms with van der Waals surface area (Å²) in [5.41, 5.74) is 1.72. The van der Waals surface area contributed by atoms with Crippen molar-refractivity contribution in [2.24, 2.45) is 0 Å². The van der Waals surface area contributed by atoms with Gasteiger partial charge in [-0.1, -0.05) is 67.2 Å². The van der Waals surface area contributed by atoms with Gasteiger partial charge in [0.25, 0.3) is 0 Å². The van der Waals surface area contributed by atoms with Gasteiger partial charge in [-0.25, -0.2) is 0 Å². The van der Waals surface area contributed by atoms with E-state index < -0.39 is 5.92 Å². The molecule has 2 rings (SSSR count). The van der Waals surface area contributed by atoms with Gasteiger partial charge in [-0.2, -0.15) is 0 Å². The molecule has 0 saturated heterocycles. The second-order valence-electron chi connectivity index (χ2n) is 5.01. The molecule has 1 amide bonds. The quantitative estimate of drug-likeness (QED) is 0.632. The molecule has 2 aromatic rings. The summed E-state index contributed by atoms with van der Waals surface area (Å²) < 4.78 is 5.39. The van der Waals surface area contributed by atoms with Crippen LogP contribution in [0.2, 0.25) is 0 Å². The summed E-state index contributed by atoms with van der Waals surface area (Å²) in [6.07, 6.45) is 1.18. The summed E-state index contributed by atoms with van der Waals surface area (Å²) in [6, 6.07) is 18.7. The van der Waals surface area contributed by atoms with Crippen molar-refractivity contribution in [2.45, 2.75) is 12.5 Å². The van der Waals surface area contributed by atoms with Gasteiger partial charge in [0.1, 0.15) is 6.61 Å². The molecule has 0 saturated carbocycles. The number of carbonyl (C=O) groups excluding carboxylic acids is 2. The molecule has 0 heterocycles. The van der Waals surface area contributed by atoms with Crippen molar-refractivity contribution < 1.29 is 14.3 Å². The van der Waals surface area contributed by atoms with Gasteiger partial charge in [0.15, 0.2) is 0 Å². The molecule has 4 heteroatoms. The molecule has 2 aromatic carbocycles. The minimum Gasteiger partial charge on any atom is -0.460 e. The highest BCUT2D eigenvalue weighted by Gasteiger charge is 2.22. The van der Waals surface area contributed by atoms with E-state index >= 15 is 0 Å². The first-order chi connectivity index (χ1) is 11.2. The van der Waals surface area contributed by atoms with Crippen LogP contribution in [0.15, 0.2) is 73.3 Å². The number of hydrogen-bond acceptors (Lipinski definition) is 3. The normalized spacial score (nSPS) is 11.3. The lowest BCUT2D eigenvalue weighted by Gasteiger charge is -2.17. The Bertz CT molecular complexity index is 653. The Morgan fingerprint density at radius 2 is 1.65 bits per heavy atom. The van der Waals surface area contributed by atoms with Crippen molar-refractivity contribution in [3.63, 3.8) is 0 Å². The summed E-state index contributed by atoms with van der Waals surface area (Å²) in [5.74, 6) is -1.24. The number of nitrogens with one attached hydrogen (secondary N) is 1. The predicted molar refractivity (Wildman–Crippen MR) is 88.6 cm³/mol. The summed E-state index contributed by atoms with van der Waals surface area (Å²) >= 11 is 0. The van der Waals surface area contributed by atoms with E-state index in [4.69, 9.17) is 4.74 Å². The highest BCUT2D eigenvalue weighted by atomic mass is 16.5. The minimum atomic E-state index is -0.552. The van der Waals surface area contributed by atoms with Gasteiger partial charge < -0.3 is 10.1 Å². The number of ether oxygens (including phenoxy) is 1. The second kappa shape index (κ2) is 8.54. The van der Waals surface area contributed by atoms with Crippen LogP contribution in [0.4, 0.5) is 0 Å². The molecule has 0 radical (unpaired) electrons. The van der Waals surface area contributed by atoms with Gasteiger partial charge in [0, 0.05) is 6.54 Å². The topological polar surface area (TPSA) is 55.4 Å². The zero-order valence-corrected chi connectivity index (χ0v) is 12.8. The fourth-order valence-corrected chi connectivity index (χ4v) is 2.13. The molecule has 0 spiro atoms. The van der Waals surface area contributed by atoms with Crippen molar-refractivity contribution in [3.05, 3.63) is 84.4 Å². The van der Waals surface area contributed by atoms with E-state index in [0.29, 0.717) is 0 Å². The van der Waals surface area contributed by atoms with E-state index in [0.717, 1.165) is 11.1 Å². The molecule has 0 fully saturated rings. The SMILES string of the molecule is C=CC(=O)NC[C@@H](C(=O)OCc1ccccc1)c1ccccc1. The van der Waals surface area contributed by atoms with Crippen LogP contribution in [-0.2, 0) is 20.9 Å². The standard InChI is InChI=1S/C19H19NO3/c1-2-18(21)20-13-17(16-11-7-4-8-12-16)19(22)23-14-15-9-5-3-6-10-15/h2-12,17H,1,13-14H2,(H,20,21)/t17-/m1/s1. The molecule has 0 bridgehead atoms. The molecule has 0 aromatic heterocycles. The second-order valence-corrected chi connectivity index (χ2v) is 5.01. The van der Waals surface area contributed by atoms with Crippen molar-refractivity contribution in [2.75, 3.05) is 6.54 Å². The maximum atomic E-state index is 12.4. The summed E-state index contributed by atoms with van der Waals surface area (Å²) in [6.45, 7) is 3.78. The summed E-state index contributed by atoms with van der Waals surface area (Å²) in [7, 11) is 0. The average Bonchev–Trinajstić information content (AvgIpc) is 2.61. The monoisotopic (exact) mass is 309 g/mol. The molecule has 0 unspecified atom stereocenters. The molecule has 1 N–H and O–H groups in total. The van der Waals surface area contributed by atoms with Crippen molar-refractivity contribution in [3.8, 4) is 0 Å². The molecule has 1 atom stereocenters. The van der Waals surface area contributed by atoms with E-state index in [1.165, 1.54) is 6.08 Å². The average molecular weight is 309 g/mol. The highest BCUT2D eigenvalue weighted by Crippen LogP contribution is 2.17. The number of amides is 1. The van der Waals surface area contributed by atoms with Gasteiger partial charge in [-0.15, -0.1) is 0 Å². The van der Waals surface area contributed by atoms with E-state index in [9.17, 15) is 9.59 Å². The van der Waals surface area contributed by atoms with Crippen LogP contribution in [0.5, 0.6) is 0 Å². The third-order valence-corrected chi connectivity index (χ3v) is 3.38. The Morgan fingerprint density at radius 3 is 2.26 bits per heavy atom. The number of benzene rings is 2. The predicted octanol–water partition coefficient (Wildman–Crippen LogP) is 2.82. The Morgan fingerprint density at radius 1 is 1.04 bits per heavy atom. The first-order valence-electron chi connectivity index (χ1n) is 7.36. The van der Waals surface area contributed by atoms with E-state index in [1.807, 2.05) is 60.7 Å². The van der Waals surface area contributed by atoms with Gasteiger partial charge in [0.2, 0.25) is 5.91 Å². The zero-order valence-electron chi connectivity index (χ0n) is 12.8. The van der Waals surface area contributed by atoms with Crippen LogP contribution >= 0.6 is 0 Å². The first kappa shape index (κ1) is 16.5. The molecular weight excluding hydrogens is 290 g/mol. The first-order valence-corrected chi connectivity index (χ1v) is 7.36. The molecular formula is C19H19NO3. The molecule has 4 nitrogen and oxygen atoms in total. The maximum absolute atomic E-state index is 12.4. The van der Waals surface area contributed by atoms with Crippen LogP contribution in [0.3, 0.4) is 0 Å². The van der Waals surface area contributed by atoms with Crippen molar-refractivity contribution in [1.29, 1.82) is 0 Å². The lowest BCUT2D eigenvalue weighted by Crippen LogP contribution is -2.31. The molecule has 118 valence electrons. The third-order valence-electron chi connectivity index (χ3n) is 3.38. The lowest BCUT2D eigenvalue weighted by molar-refractivity contribution is -0.146. The number of rotatable bonds is 7. The lowest BCUT2D eigenvalue weighted by atomic mass is 9.99. The van der Waals surface area contributed by atoms with Gasteiger partial charge in [0.05, 0.1) is 5.92 Å². The fourth-order valence-electron chi connectivity index (χ4n) is 2.13. The van der Waals surface area contributed by atoms with E-state index in [1.54, 1.807) is 0 Å². The van der Waals surface area contributed by atoms with Crippen LogP contribution in [0.1, 0.15) is 17.0 Å². The van der Waals surface area contributed by atoms with Gasteiger partial charge in [-0.05, 0) is 17.2 Å². The molecule has 23 heavy (non-hydrogen) atoms. The number of esters is 1. The van der Waals surface area contributed by atoms with Crippen molar-refractivity contribution in [1.82, 2.24) is 5.32 Å². The Labute approximate surface area is 135 Å². The summed E-state index contributed by atoms with van der Waals surface area (Å²) in [4.78, 5) is 23.8. The third kappa shape index (κ3) is 5.11. The number of carbonyl (C=O) groups is 2. The van der Waals surface area contributed by atoms with Crippen LogP contribution in [-0.4, -0.2) is 18.4 Å². The largest absolute Gasteiger partial charge is 0.460 e. The smallest absolute Gasteiger partial charge is 0.315 e. The zero-order chi connectivity index (χ0) is 16.5. The van der Waals surface area contributed by atoms with Crippen LogP contribution < -0.4 is 5.32 Å². The molecule has 0 aliphatic carbocycles. The highest BCUT2D eigenvalue weighted by molar-refractivity contribution is 5.87. The number of hydrogen-bond donors (Lipinski definition) is 1. The van der Waals surface area contributed by atoms with Crippen LogP contribution in [0.25, 0.3) is 0 Å². The van der Waals surface area contributed by atoms with Gasteiger partial charge in [-0.3, -0.25) is 9.59 Å². The Hall–Kier alpha value is -2.88. The van der Waals surface area contributed by atoms with E-state index in [2.05, 4.69) is 11.9 Å². The minimum absolute atomic E-state index is 0.169. The van der Waals surface area contributed by atoms with Crippen molar-refractivity contribution >= 4 is 11.9 Å². The maximum Gasteiger partial charge on any atom is 0.315 e. The Kier molecular flexibility index (Phi) is 6.12. The van der Waals surface area contributed by atoms with Gasteiger partial charge >= 0.3 is 5.97 Å².